The van der Waals surface area contributed by atoms with E-state index in [9.17, 15) is 9.59 Å². The van der Waals surface area contributed by atoms with E-state index in [0.29, 0.717) is 17.1 Å². The summed E-state index contributed by atoms with van der Waals surface area (Å²) in [4.78, 5) is 28.5. The first kappa shape index (κ1) is 17.0. The third-order valence-corrected chi connectivity index (χ3v) is 4.04. The van der Waals surface area contributed by atoms with E-state index in [1.54, 1.807) is 17.7 Å². The number of hydrogen-bond donors (Lipinski definition) is 2. The molecule has 0 aliphatic rings. The first-order valence-corrected chi connectivity index (χ1v) is 8.18. The minimum absolute atomic E-state index is 0.309. The molecule has 3 aromatic rings. The van der Waals surface area contributed by atoms with Gasteiger partial charge in [0.1, 0.15) is 5.82 Å². The molecule has 0 atom stereocenters. The van der Waals surface area contributed by atoms with Crippen molar-refractivity contribution in [3.05, 3.63) is 47.3 Å². The molecule has 3 rings (SSSR count). The van der Waals surface area contributed by atoms with Gasteiger partial charge in [-0.1, -0.05) is 18.2 Å². The SMILES string of the molecule is Cc1cc(NC(=O)C(=O)c2c(C)[nH]c3ccccc23)n(C(C)(C)C)n1. The van der Waals surface area contributed by atoms with E-state index in [2.05, 4.69) is 15.4 Å². The van der Waals surface area contributed by atoms with Gasteiger partial charge in [0.25, 0.3) is 11.7 Å². The van der Waals surface area contributed by atoms with Crippen LogP contribution < -0.4 is 5.32 Å². The van der Waals surface area contributed by atoms with Gasteiger partial charge in [-0.15, -0.1) is 0 Å². The molecule has 0 unspecified atom stereocenters. The van der Waals surface area contributed by atoms with Gasteiger partial charge in [-0.3, -0.25) is 9.59 Å². The Balaban J connectivity index is 1.94. The molecule has 6 heteroatoms. The highest BCUT2D eigenvalue weighted by molar-refractivity contribution is 6.48. The van der Waals surface area contributed by atoms with Crippen molar-refractivity contribution in [2.24, 2.45) is 0 Å². The summed E-state index contributed by atoms with van der Waals surface area (Å²) in [6, 6.07) is 9.22. The Bertz CT molecular complexity index is 973. The number of para-hydroxylation sites is 1. The molecule has 0 aliphatic carbocycles. The van der Waals surface area contributed by atoms with Gasteiger partial charge in [0.2, 0.25) is 0 Å². The molecule has 0 radical (unpaired) electrons. The first-order valence-electron chi connectivity index (χ1n) is 8.18. The number of carbonyl (C=O) groups is 2. The number of anilines is 1. The van der Waals surface area contributed by atoms with E-state index in [1.807, 2.05) is 52.0 Å². The second-order valence-corrected chi connectivity index (χ2v) is 7.21. The second kappa shape index (κ2) is 5.88. The minimum atomic E-state index is -0.668. The van der Waals surface area contributed by atoms with Gasteiger partial charge >= 0.3 is 0 Å². The van der Waals surface area contributed by atoms with Gasteiger partial charge < -0.3 is 10.3 Å². The van der Waals surface area contributed by atoms with Crippen LogP contribution in [-0.2, 0) is 10.3 Å². The standard InChI is InChI=1S/C19H22N4O2/c1-11-10-15(23(22-11)19(3,4)5)21-18(25)17(24)16-12(2)20-14-9-7-6-8-13(14)16/h6-10,20H,1-5H3,(H,21,25). The number of fused-ring (bicyclic) bond motifs is 1. The van der Waals surface area contributed by atoms with Crippen LogP contribution in [0.3, 0.4) is 0 Å². The molecule has 1 aromatic carbocycles. The Morgan fingerprint density at radius 1 is 1.16 bits per heavy atom. The fourth-order valence-electron chi connectivity index (χ4n) is 2.96. The zero-order valence-corrected chi connectivity index (χ0v) is 15.1. The quantitative estimate of drug-likeness (QED) is 0.566. The molecule has 6 nitrogen and oxygen atoms in total. The Hall–Kier alpha value is -2.89. The van der Waals surface area contributed by atoms with Crippen LogP contribution in [0.25, 0.3) is 10.9 Å². The molecule has 130 valence electrons. The summed E-state index contributed by atoms with van der Waals surface area (Å²) in [5.74, 6) is -0.714. The van der Waals surface area contributed by atoms with E-state index in [0.717, 1.165) is 16.6 Å². The summed E-state index contributed by atoms with van der Waals surface area (Å²) in [7, 11) is 0. The van der Waals surface area contributed by atoms with Crippen molar-refractivity contribution in [3.8, 4) is 0 Å². The number of ketones is 1. The van der Waals surface area contributed by atoms with Crippen LogP contribution in [0.1, 0.15) is 42.5 Å². The highest BCUT2D eigenvalue weighted by atomic mass is 16.2. The number of H-pyrrole nitrogens is 1. The third-order valence-electron chi connectivity index (χ3n) is 4.04. The van der Waals surface area contributed by atoms with E-state index in [4.69, 9.17) is 0 Å². The van der Waals surface area contributed by atoms with Gasteiger partial charge in [-0.2, -0.15) is 5.10 Å². The van der Waals surface area contributed by atoms with Gasteiger partial charge in [-0.25, -0.2) is 4.68 Å². The maximum atomic E-state index is 12.8. The Labute approximate surface area is 146 Å². The van der Waals surface area contributed by atoms with Crippen LogP contribution in [-0.4, -0.2) is 26.5 Å². The molecule has 0 bridgehead atoms. The molecule has 25 heavy (non-hydrogen) atoms. The number of rotatable bonds is 3. The lowest BCUT2D eigenvalue weighted by molar-refractivity contribution is -0.112. The molecular weight excluding hydrogens is 316 g/mol. The number of benzene rings is 1. The van der Waals surface area contributed by atoms with Gasteiger partial charge in [-0.05, 0) is 40.7 Å². The average molecular weight is 338 g/mol. The maximum Gasteiger partial charge on any atom is 0.298 e. The largest absolute Gasteiger partial charge is 0.358 e. The Kier molecular flexibility index (Phi) is 3.99. The van der Waals surface area contributed by atoms with Crippen LogP contribution >= 0.6 is 0 Å². The van der Waals surface area contributed by atoms with E-state index < -0.39 is 11.7 Å². The summed E-state index contributed by atoms with van der Waals surface area (Å²) >= 11 is 0. The van der Waals surface area contributed by atoms with Crippen molar-refractivity contribution in [1.82, 2.24) is 14.8 Å². The van der Waals surface area contributed by atoms with E-state index >= 15 is 0 Å². The number of aromatic nitrogens is 3. The predicted octanol–water partition coefficient (Wildman–Crippen LogP) is 3.56. The van der Waals surface area contributed by atoms with E-state index in [1.165, 1.54) is 0 Å². The van der Waals surface area contributed by atoms with Crippen molar-refractivity contribution in [2.75, 3.05) is 5.32 Å². The zero-order chi connectivity index (χ0) is 18.4. The van der Waals surface area contributed by atoms with Crippen LogP contribution in [0.4, 0.5) is 5.82 Å². The highest BCUT2D eigenvalue weighted by Crippen LogP contribution is 2.24. The summed E-state index contributed by atoms with van der Waals surface area (Å²) in [5.41, 5.74) is 2.40. The minimum Gasteiger partial charge on any atom is -0.358 e. The maximum absolute atomic E-state index is 12.8. The van der Waals surface area contributed by atoms with Crippen molar-refractivity contribution in [3.63, 3.8) is 0 Å². The number of amides is 1. The van der Waals surface area contributed by atoms with Crippen molar-refractivity contribution in [1.29, 1.82) is 0 Å². The second-order valence-electron chi connectivity index (χ2n) is 7.21. The Morgan fingerprint density at radius 2 is 1.84 bits per heavy atom. The van der Waals surface area contributed by atoms with Crippen LogP contribution in [0.15, 0.2) is 30.3 Å². The molecule has 0 spiro atoms. The molecule has 2 heterocycles. The fraction of sp³-hybridized carbons (Fsp3) is 0.316. The van der Waals surface area contributed by atoms with Crippen LogP contribution in [0, 0.1) is 13.8 Å². The molecular formula is C19H22N4O2. The van der Waals surface area contributed by atoms with Gasteiger partial charge in [0.15, 0.2) is 0 Å². The Morgan fingerprint density at radius 3 is 2.52 bits per heavy atom. The summed E-state index contributed by atoms with van der Waals surface area (Å²) in [6.07, 6.45) is 0. The summed E-state index contributed by atoms with van der Waals surface area (Å²) < 4.78 is 1.72. The number of aromatic amines is 1. The lowest BCUT2D eigenvalue weighted by atomic mass is 10.1. The number of aryl methyl sites for hydroxylation is 2. The molecule has 0 saturated heterocycles. The third kappa shape index (κ3) is 3.07. The van der Waals surface area contributed by atoms with Crippen molar-refractivity contribution >= 4 is 28.4 Å². The molecule has 0 saturated carbocycles. The number of hydrogen-bond acceptors (Lipinski definition) is 3. The van der Waals surface area contributed by atoms with E-state index in [-0.39, 0.29) is 5.54 Å². The topological polar surface area (TPSA) is 79.8 Å². The predicted molar refractivity (Wildman–Crippen MR) is 98.0 cm³/mol. The first-order chi connectivity index (χ1) is 11.7. The lowest BCUT2D eigenvalue weighted by Gasteiger charge is -2.22. The summed E-state index contributed by atoms with van der Waals surface area (Å²) in [6.45, 7) is 9.61. The zero-order valence-electron chi connectivity index (χ0n) is 15.1. The van der Waals surface area contributed by atoms with Crippen LogP contribution in [0.2, 0.25) is 0 Å². The van der Waals surface area contributed by atoms with Crippen molar-refractivity contribution in [2.45, 2.75) is 40.2 Å². The monoisotopic (exact) mass is 338 g/mol. The van der Waals surface area contributed by atoms with Crippen LogP contribution in [0.5, 0.6) is 0 Å². The number of Topliss-reactive ketones (excluding diaryl/α,β-unsaturated/α-hetero) is 1. The van der Waals surface area contributed by atoms with Gasteiger partial charge in [0, 0.05) is 22.7 Å². The molecule has 1 amide bonds. The van der Waals surface area contributed by atoms with Gasteiger partial charge in [0.05, 0.1) is 16.8 Å². The highest BCUT2D eigenvalue weighted by Gasteiger charge is 2.25. The average Bonchev–Trinajstić information content (AvgIpc) is 3.05. The molecule has 2 N–H and O–H groups in total. The molecule has 0 fully saturated rings. The van der Waals surface area contributed by atoms with Crippen molar-refractivity contribution < 1.29 is 9.59 Å². The number of nitrogens with zero attached hydrogens (tertiary/aromatic N) is 2. The smallest absolute Gasteiger partial charge is 0.298 e. The molecule has 0 aliphatic heterocycles. The number of nitrogens with one attached hydrogen (secondary N) is 2. The normalized spacial score (nSPS) is 11.7. The molecule has 2 aromatic heterocycles. The summed E-state index contributed by atoms with van der Waals surface area (Å²) in [5, 5.41) is 7.88. The lowest BCUT2D eigenvalue weighted by Crippen LogP contribution is -2.29. The fourth-order valence-corrected chi connectivity index (χ4v) is 2.96. The number of carbonyl (C=O) groups excluding carboxylic acids is 2.